The second-order valence-electron chi connectivity index (χ2n) is 6.76. The van der Waals surface area contributed by atoms with Gasteiger partial charge in [0.05, 0.1) is 11.6 Å². The van der Waals surface area contributed by atoms with Gasteiger partial charge in [0.25, 0.3) is 0 Å². The van der Waals surface area contributed by atoms with Crippen molar-refractivity contribution < 1.29 is 9.53 Å². The Labute approximate surface area is 149 Å². The van der Waals surface area contributed by atoms with Crippen molar-refractivity contribution in [1.29, 1.82) is 5.26 Å². The van der Waals surface area contributed by atoms with Crippen molar-refractivity contribution in [3.8, 4) is 11.8 Å². The highest BCUT2D eigenvalue weighted by atomic mass is 16.5. The van der Waals surface area contributed by atoms with Gasteiger partial charge >= 0.3 is 0 Å². The highest BCUT2D eigenvalue weighted by Crippen LogP contribution is 2.18. The molecular weight excluding hydrogens is 316 g/mol. The van der Waals surface area contributed by atoms with Crippen LogP contribution in [0.25, 0.3) is 0 Å². The standard InChI is InChI=1S/C19H26N4O2/c1-21-8-4-6-17(21)19(24)23-11-9-22(10-12-23)13-14-25-18-7-3-2-5-16(18)15-20/h2-3,5,7,17H,4,6,8-14H2,1H3/t17-/m0/s1. The van der Waals surface area contributed by atoms with E-state index in [1.807, 2.05) is 30.1 Å². The number of likely N-dealkylation sites (N-methyl/N-ethyl adjacent to an activating group) is 1. The highest BCUT2D eigenvalue weighted by molar-refractivity contribution is 5.82. The van der Waals surface area contributed by atoms with E-state index in [1.165, 1.54) is 0 Å². The topological polar surface area (TPSA) is 59.8 Å². The molecule has 25 heavy (non-hydrogen) atoms. The molecule has 6 heteroatoms. The number of amides is 1. The lowest BCUT2D eigenvalue weighted by atomic mass is 10.1. The summed E-state index contributed by atoms with van der Waals surface area (Å²) in [5.74, 6) is 0.932. The summed E-state index contributed by atoms with van der Waals surface area (Å²) in [6, 6.07) is 9.53. The van der Waals surface area contributed by atoms with Crippen LogP contribution in [0.5, 0.6) is 5.75 Å². The van der Waals surface area contributed by atoms with E-state index < -0.39 is 0 Å². The van der Waals surface area contributed by atoms with Gasteiger partial charge in [-0.25, -0.2) is 0 Å². The largest absolute Gasteiger partial charge is 0.491 e. The Morgan fingerprint density at radius 2 is 2.00 bits per heavy atom. The number of carbonyl (C=O) groups is 1. The lowest BCUT2D eigenvalue weighted by molar-refractivity contribution is -0.137. The molecule has 2 aliphatic heterocycles. The molecular formula is C19H26N4O2. The van der Waals surface area contributed by atoms with Crippen LogP contribution in [0, 0.1) is 11.3 Å². The molecule has 0 radical (unpaired) electrons. The van der Waals surface area contributed by atoms with Crippen LogP contribution in [0.2, 0.25) is 0 Å². The Balaban J connectivity index is 1.41. The number of likely N-dealkylation sites (tertiary alicyclic amines) is 1. The number of ether oxygens (including phenoxy) is 1. The first-order valence-corrected chi connectivity index (χ1v) is 9.02. The molecule has 1 amide bonds. The first-order chi connectivity index (χ1) is 12.2. The summed E-state index contributed by atoms with van der Waals surface area (Å²) in [5, 5.41) is 9.07. The number of nitrogens with zero attached hydrogens (tertiary/aromatic N) is 4. The highest BCUT2D eigenvalue weighted by Gasteiger charge is 2.32. The molecule has 0 saturated carbocycles. The van der Waals surface area contributed by atoms with E-state index in [4.69, 9.17) is 10.00 Å². The summed E-state index contributed by atoms with van der Waals surface area (Å²) >= 11 is 0. The van der Waals surface area contributed by atoms with Crippen LogP contribution >= 0.6 is 0 Å². The predicted octanol–water partition coefficient (Wildman–Crippen LogP) is 1.18. The summed E-state index contributed by atoms with van der Waals surface area (Å²) in [7, 11) is 2.04. The molecule has 2 heterocycles. The van der Waals surface area contributed by atoms with Crippen molar-refractivity contribution in [1.82, 2.24) is 14.7 Å². The number of piperazine rings is 1. The summed E-state index contributed by atoms with van der Waals surface area (Å²) in [5.41, 5.74) is 0.568. The molecule has 2 saturated heterocycles. The number of para-hydroxylation sites is 1. The lowest BCUT2D eigenvalue weighted by Crippen LogP contribution is -2.53. The van der Waals surface area contributed by atoms with E-state index in [2.05, 4.69) is 15.9 Å². The minimum absolute atomic E-state index is 0.0809. The Kier molecular flexibility index (Phi) is 5.90. The summed E-state index contributed by atoms with van der Waals surface area (Å²) in [6.45, 7) is 5.73. The summed E-state index contributed by atoms with van der Waals surface area (Å²) in [4.78, 5) is 19.1. The Morgan fingerprint density at radius 1 is 1.24 bits per heavy atom. The molecule has 0 bridgehead atoms. The Morgan fingerprint density at radius 3 is 2.68 bits per heavy atom. The molecule has 2 fully saturated rings. The van der Waals surface area contributed by atoms with Gasteiger partial charge < -0.3 is 9.64 Å². The average molecular weight is 342 g/mol. The third-order valence-corrected chi connectivity index (χ3v) is 5.16. The van der Waals surface area contributed by atoms with Gasteiger partial charge in [0, 0.05) is 32.7 Å². The second kappa shape index (κ2) is 8.32. The maximum absolute atomic E-state index is 12.6. The van der Waals surface area contributed by atoms with Crippen LogP contribution in [0.3, 0.4) is 0 Å². The van der Waals surface area contributed by atoms with Gasteiger partial charge in [-0.3, -0.25) is 14.6 Å². The SMILES string of the molecule is CN1CCC[C@H]1C(=O)N1CCN(CCOc2ccccc2C#N)CC1. The molecule has 0 aromatic heterocycles. The van der Waals surface area contributed by atoms with Crippen LogP contribution in [0.4, 0.5) is 0 Å². The minimum atomic E-state index is 0.0809. The van der Waals surface area contributed by atoms with E-state index in [0.717, 1.165) is 52.1 Å². The van der Waals surface area contributed by atoms with Gasteiger partial charge in [-0.05, 0) is 38.6 Å². The van der Waals surface area contributed by atoms with Gasteiger partial charge in [0.2, 0.25) is 5.91 Å². The fourth-order valence-electron chi connectivity index (χ4n) is 3.59. The van der Waals surface area contributed by atoms with Gasteiger partial charge in [0.15, 0.2) is 0 Å². The molecule has 2 aliphatic rings. The first-order valence-electron chi connectivity index (χ1n) is 9.02. The first kappa shape index (κ1) is 17.7. The Hall–Kier alpha value is -2.10. The van der Waals surface area contributed by atoms with E-state index in [0.29, 0.717) is 23.8 Å². The van der Waals surface area contributed by atoms with Crippen molar-refractivity contribution in [2.45, 2.75) is 18.9 Å². The third-order valence-electron chi connectivity index (χ3n) is 5.16. The molecule has 1 aromatic rings. The maximum Gasteiger partial charge on any atom is 0.240 e. The van der Waals surface area contributed by atoms with Crippen molar-refractivity contribution in [3.05, 3.63) is 29.8 Å². The number of carbonyl (C=O) groups excluding carboxylic acids is 1. The zero-order valence-corrected chi connectivity index (χ0v) is 14.9. The second-order valence-corrected chi connectivity index (χ2v) is 6.76. The molecule has 0 unspecified atom stereocenters. The number of rotatable bonds is 5. The van der Waals surface area contributed by atoms with Gasteiger partial charge in [-0.15, -0.1) is 0 Å². The normalized spacial score (nSPS) is 21.9. The zero-order valence-electron chi connectivity index (χ0n) is 14.9. The predicted molar refractivity (Wildman–Crippen MR) is 95.3 cm³/mol. The number of benzene rings is 1. The van der Waals surface area contributed by atoms with Crippen LogP contribution in [0.15, 0.2) is 24.3 Å². The fourth-order valence-corrected chi connectivity index (χ4v) is 3.59. The number of hydrogen-bond acceptors (Lipinski definition) is 5. The van der Waals surface area contributed by atoms with Crippen molar-refractivity contribution in [3.63, 3.8) is 0 Å². The molecule has 134 valence electrons. The Bertz CT molecular complexity index is 635. The van der Waals surface area contributed by atoms with Crippen LogP contribution in [0.1, 0.15) is 18.4 Å². The lowest BCUT2D eigenvalue weighted by Gasteiger charge is -2.36. The molecule has 0 spiro atoms. The smallest absolute Gasteiger partial charge is 0.240 e. The quantitative estimate of drug-likeness (QED) is 0.804. The van der Waals surface area contributed by atoms with Gasteiger partial charge in [-0.1, -0.05) is 12.1 Å². The van der Waals surface area contributed by atoms with Crippen LogP contribution in [-0.4, -0.2) is 79.6 Å². The van der Waals surface area contributed by atoms with Crippen molar-refractivity contribution in [2.75, 3.05) is 52.9 Å². The number of nitriles is 1. The minimum Gasteiger partial charge on any atom is -0.491 e. The maximum atomic E-state index is 12.6. The average Bonchev–Trinajstić information content (AvgIpc) is 3.08. The van der Waals surface area contributed by atoms with Gasteiger partial charge in [-0.2, -0.15) is 5.26 Å². The molecule has 3 rings (SSSR count). The van der Waals surface area contributed by atoms with Crippen molar-refractivity contribution >= 4 is 5.91 Å². The molecule has 1 atom stereocenters. The van der Waals surface area contributed by atoms with E-state index in [9.17, 15) is 4.79 Å². The van der Waals surface area contributed by atoms with E-state index in [-0.39, 0.29) is 6.04 Å². The fraction of sp³-hybridized carbons (Fsp3) is 0.579. The number of hydrogen-bond donors (Lipinski definition) is 0. The third kappa shape index (κ3) is 4.30. The molecule has 1 aromatic carbocycles. The zero-order chi connectivity index (χ0) is 17.6. The monoisotopic (exact) mass is 342 g/mol. The van der Waals surface area contributed by atoms with Gasteiger partial charge in [0.1, 0.15) is 18.4 Å². The summed E-state index contributed by atoms with van der Waals surface area (Å²) < 4.78 is 5.75. The van der Waals surface area contributed by atoms with E-state index >= 15 is 0 Å². The molecule has 0 N–H and O–H groups in total. The van der Waals surface area contributed by atoms with Crippen LogP contribution in [-0.2, 0) is 4.79 Å². The van der Waals surface area contributed by atoms with Crippen LogP contribution < -0.4 is 4.74 Å². The van der Waals surface area contributed by atoms with E-state index in [1.54, 1.807) is 6.07 Å². The van der Waals surface area contributed by atoms with Crippen molar-refractivity contribution in [2.24, 2.45) is 0 Å². The molecule has 0 aliphatic carbocycles. The summed E-state index contributed by atoms with van der Waals surface area (Å²) in [6.07, 6.45) is 2.11. The molecule has 6 nitrogen and oxygen atoms in total.